The molecule has 0 heterocycles. The lowest BCUT2D eigenvalue weighted by Gasteiger charge is -2.32. The van der Waals surface area contributed by atoms with Crippen LogP contribution in [0.2, 0.25) is 0 Å². The van der Waals surface area contributed by atoms with Gasteiger partial charge in [0.2, 0.25) is 9.84 Å². The van der Waals surface area contributed by atoms with Crippen LogP contribution in [-0.2, 0) is 33.5 Å². The number of hydrogen-bond acceptors (Lipinski definition) is 10. The fourth-order valence-electron chi connectivity index (χ4n) is 2.65. The summed E-state index contributed by atoms with van der Waals surface area (Å²) in [6, 6.07) is 6.37. The van der Waals surface area contributed by atoms with Crippen LogP contribution >= 0.6 is 0 Å². The molecule has 0 radical (unpaired) electrons. The van der Waals surface area contributed by atoms with E-state index in [-0.39, 0.29) is 38.1 Å². The van der Waals surface area contributed by atoms with Crippen molar-refractivity contribution in [3.8, 4) is 0 Å². The van der Waals surface area contributed by atoms with Gasteiger partial charge in [-0.1, -0.05) is 17.7 Å². The fourth-order valence-corrected chi connectivity index (χ4v) is 3.64. The molecule has 0 aliphatic heterocycles. The number of carbonyl (C=O) groups is 1. The van der Waals surface area contributed by atoms with Gasteiger partial charge in [-0.15, -0.1) is 0 Å². The summed E-state index contributed by atoms with van der Waals surface area (Å²) in [7, 11) is -3.71. The summed E-state index contributed by atoms with van der Waals surface area (Å²) in [5.74, 6) is -0.605. The van der Waals surface area contributed by atoms with Crippen molar-refractivity contribution in [2.75, 3.05) is 52.7 Å². The third-order valence-corrected chi connectivity index (χ3v) is 5.62. The summed E-state index contributed by atoms with van der Waals surface area (Å²) < 4.78 is 51.4. The highest BCUT2D eigenvalue weighted by Gasteiger charge is 2.33. The van der Waals surface area contributed by atoms with Crippen LogP contribution in [0.4, 0.5) is 4.79 Å². The van der Waals surface area contributed by atoms with Crippen molar-refractivity contribution < 1.29 is 47.1 Å². The summed E-state index contributed by atoms with van der Waals surface area (Å²) >= 11 is 0. The van der Waals surface area contributed by atoms with Gasteiger partial charge in [0.05, 0.1) is 36.7 Å². The van der Waals surface area contributed by atoms with Gasteiger partial charge in [0.15, 0.2) is 5.94 Å². The van der Waals surface area contributed by atoms with Gasteiger partial charge in [-0.25, -0.2) is 13.2 Å². The zero-order valence-electron chi connectivity index (χ0n) is 19.5. The quantitative estimate of drug-likeness (QED) is 0.240. The number of aliphatic hydroxyl groups excluding tert-OH is 2. The molecule has 0 spiro atoms. The van der Waals surface area contributed by atoms with Crippen molar-refractivity contribution in [2.45, 2.75) is 38.2 Å². The summed E-state index contributed by atoms with van der Waals surface area (Å²) in [5.41, 5.74) is -0.827. The lowest BCUT2D eigenvalue weighted by atomic mass is 9.92. The van der Waals surface area contributed by atoms with E-state index in [1.165, 1.54) is 12.1 Å². The van der Waals surface area contributed by atoms with Gasteiger partial charge >= 0.3 is 6.09 Å². The molecule has 1 aromatic carbocycles. The number of benzene rings is 1. The lowest BCUT2D eigenvalue weighted by molar-refractivity contribution is -0.139. The van der Waals surface area contributed by atoms with Crippen molar-refractivity contribution in [1.29, 1.82) is 0 Å². The highest BCUT2D eigenvalue weighted by atomic mass is 32.2. The van der Waals surface area contributed by atoms with E-state index in [1.54, 1.807) is 32.9 Å². The smallest absolute Gasteiger partial charge is 0.409 e. The monoisotopic (exact) mass is 493 g/mol. The Hall–Kier alpha value is -1.80. The first-order valence-corrected chi connectivity index (χ1v) is 11.9. The Morgan fingerprint density at radius 1 is 0.909 bits per heavy atom. The van der Waals surface area contributed by atoms with E-state index in [0.717, 1.165) is 5.56 Å². The number of hydrogen-bond donors (Lipinski definition) is 3. The van der Waals surface area contributed by atoms with Crippen LogP contribution < -0.4 is 5.32 Å². The first kappa shape index (κ1) is 29.2. The molecule has 33 heavy (non-hydrogen) atoms. The Bertz CT molecular complexity index is 797. The maximum Gasteiger partial charge on any atom is 0.409 e. The molecule has 0 aliphatic carbocycles. The van der Waals surface area contributed by atoms with E-state index in [9.17, 15) is 13.2 Å². The van der Waals surface area contributed by atoms with Crippen LogP contribution in [0.15, 0.2) is 29.2 Å². The van der Waals surface area contributed by atoms with Crippen molar-refractivity contribution in [3.05, 3.63) is 29.8 Å². The van der Waals surface area contributed by atoms with Gasteiger partial charge in [-0.2, -0.15) is 0 Å². The second-order valence-corrected chi connectivity index (χ2v) is 10.5. The topological polar surface area (TPSA) is 150 Å². The molecule has 12 heteroatoms. The number of ether oxygens (including phenoxy) is 5. The fraction of sp³-hybridized carbons (Fsp3) is 0.667. The summed E-state index contributed by atoms with van der Waals surface area (Å²) in [6.45, 7) is 5.06. The number of sulfone groups is 1. The van der Waals surface area contributed by atoms with Gasteiger partial charge in [0, 0.05) is 0 Å². The molecular formula is C21H35NO10S. The minimum atomic E-state index is -3.71. The number of aliphatic hydroxyl groups is 2. The predicted molar refractivity (Wildman–Crippen MR) is 118 cm³/mol. The minimum Gasteiger partial charge on any atom is -0.444 e. The summed E-state index contributed by atoms with van der Waals surface area (Å²) in [5, 5.41) is 20.6. The van der Waals surface area contributed by atoms with E-state index in [1.807, 2.05) is 6.92 Å². The predicted octanol–water partition coefficient (Wildman–Crippen LogP) is 1.16. The highest BCUT2D eigenvalue weighted by Crippen LogP contribution is 2.22. The largest absolute Gasteiger partial charge is 0.444 e. The molecule has 0 unspecified atom stereocenters. The van der Waals surface area contributed by atoms with E-state index in [0.29, 0.717) is 0 Å². The Kier molecular flexibility index (Phi) is 12.2. The van der Waals surface area contributed by atoms with E-state index in [2.05, 4.69) is 5.32 Å². The number of alkyl carbamates (subject to hydrolysis) is 1. The number of nitrogens with one attached hydrogen (secondary N) is 1. The normalized spacial score (nSPS) is 12.5. The molecule has 1 aromatic rings. The van der Waals surface area contributed by atoms with Crippen LogP contribution in [0.1, 0.15) is 26.3 Å². The molecule has 0 saturated heterocycles. The molecule has 0 aliphatic rings. The Labute approximate surface area is 194 Å². The SMILES string of the molecule is Cc1ccc(S(=O)(=O)COCC(COCO)(COCO)COCNC(=O)OC(C)(C)C)cc1. The maximum atomic E-state index is 12.5. The van der Waals surface area contributed by atoms with E-state index >= 15 is 0 Å². The minimum absolute atomic E-state index is 0.104. The molecule has 0 saturated carbocycles. The standard InChI is InChI=1S/C21H35NO10S/c1-17-5-7-18(8-6-17)33(26,27)16-31-12-21(10-29-14-23,11-30-15-24)9-28-13-22-19(25)32-20(2,3)4/h5-8,23-24H,9-16H2,1-4H3,(H,22,25). The van der Waals surface area contributed by atoms with Gasteiger partial charge < -0.3 is 33.9 Å². The van der Waals surface area contributed by atoms with Crippen LogP contribution in [0.5, 0.6) is 0 Å². The Balaban J connectivity index is 2.76. The lowest BCUT2D eigenvalue weighted by Crippen LogP contribution is -2.43. The zero-order chi connectivity index (χ0) is 25.0. The zero-order valence-corrected chi connectivity index (χ0v) is 20.4. The molecule has 190 valence electrons. The van der Waals surface area contributed by atoms with Crippen molar-refractivity contribution in [3.63, 3.8) is 0 Å². The summed E-state index contributed by atoms with van der Waals surface area (Å²) in [6.07, 6.45) is -0.674. The van der Waals surface area contributed by atoms with Gasteiger partial charge in [-0.3, -0.25) is 5.32 Å². The van der Waals surface area contributed by atoms with E-state index in [4.69, 9.17) is 33.9 Å². The number of rotatable bonds is 15. The average molecular weight is 494 g/mol. The van der Waals surface area contributed by atoms with Crippen molar-refractivity contribution in [1.82, 2.24) is 5.32 Å². The number of aryl methyl sites for hydroxylation is 1. The van der Waals surface area contributed by atoms with Gasteiger partial charge in [-0.05, 0) is 39.8 Å². The van der Waals surface area contributed by atoms with E-state index < -0.39 is 46.5 Å². The molecule has 0 fully saturated rings. The van der Waals surface area contributed by atoms with Gasteiger partial charge in [0.25, 0.3) is 0 Å². The third kappa shape index (κ3) is 11.8. The third-order valence-electron chi connectivity index (χ3n) is 4.15. The first-order chi connectivity index (χ1) is 15.4. The Morgan fingerprint density at radius 3 is 1.94 bits per heavy atom. The average Bonchev–Trinajstić information content (AvgIpc) is 2.72. The molecule has 1 rings (SSSR count). The second-order valence-electron chi connectivity index (χ2n) is 8.52. The molecule has 0 bridgehead atoms. The van der Waals surface area contributed by atoms with Crippen LogP contribution in [0.25, 0.3) is 0 Å². The van der Waals surface area contributed by atoms with Gasteiger partial charge in [0.1, 0.15) is 25.9 Å². The number of amides is 1. The molecular weight excluding hydrogens is 458 g/mol. The molecule has 0 atom stereocenters. The van der Waals surface area contributed by atoms with Crippen molar-refractivity contribution >= 4 is 15.9 Å². The molecule has 1 amide bonds. The molecule has 11 nitrogen and oxygen atoms in total. The second kappa shape index (κ2) is 13.8. The number of carbonyl (C=O) groups excluding carboxylic acids is 1. The van der Waals surface area contributed by atoms with Crippen LogP contribution in [-0.4, -0.2) is 83.0 Å². The summed E-state index contributed by atoms with van der Waals surface area (Å²) in [4.78, 5) is 11.9. The highest BCUT2D eigenvalue weighted by molar-refractivity contribution is 7.91. The maximum absolute atomic E-state index is 12.5. The Morgan fingerprint density at radius 2 is 1.42 bits per heavy atom. The van der Waals surface area contributed by atoms with Crippen LogP contribution in [0, 0.1) is 12.3 Å². The van der Waals surface area contributed by atoms with Crippen molar-refractivity contribution in [2.24, 2.45) is 5.41 Å². The first-order valence-electron chi connectivity index (χ1n) is 10.2. The molecule has 3 N–H and O–H groups in total. The van der Waals surface area contributed by atoms with Crippen LogP contribution in [0.3, 0.4) is 0 Å². The molecule has 0 aromatic heterocycles.